The smallest absolute Gasteiger partial charge is 0.228 e. The molecule has 1 amide bonds. The van der Waals surface area contributed by atoms with Gasteiger partial charge in [-0.2, -0.15) is 0 Å². The third-order valence-electron chi connectivity index (χ3n) is 7.68. The van der Waals surface area contributed by atoms with Gasteiger partial charge in [0.1, 0.15) is 29.6 Å². The molecule has 1 unspecified atom stereocenters. The average molecular weight is 545 g/mol. The standard InChI is InChI=1S/C34H41FN2O3/c1-7-34(5,6)20-28-23(4)33(26-17-16-25(19-27(26)35)40-21-24-12-9-8-10-13-24)37(31(39)18-22(2)3)29-14-11-15-30(38)32(29)36-28/h8-17,19,22,33,36,38H,7,18,20-21H2,1-6H3. The SMILES string of the molecule is CCC(C)(C)CC1=C(C)C(c2ccc(OCc3ccccc3)cc2F)N(C(=O)CC(C)C)c2cccc(O)c2N1. The Morgan fingerprint density at radius 3 is 2.48 bits per heavy atom. The lowest BCUT2D eigenvalue weighted by Gasteiger charge is -2.34. The molecule has 6 heteroatoms. The second-order valence-electron chi connectivity index (χ2n) is 11.9. The Balaban J connectivity index is 1.84. The molecular formula is C34H41FN2O3. The van der Waals surface area contributed by atoms with Crippen molar-refractivity contribution < 1.29 is 19.0 Å². The Bertz CT molecular complexity index is 1380. The van der Waals surface area contributed by atoms with E-state index in [2.05, 4.69) is 26.1 Å². The van der Waals surface area contributed by atoms with Crippen LogP contribution in [0.25, 0.3) is 0 Å². The molecule has 212 valence electrons. The quantitative estimate of drug-likeness (QED) is 0.264. The van der Waals surface area contributed by atoms with Crippen LogP contribution in [-0.2, 0) is 11.4 Å². The number of carbonyl (C=O) groups excluding carboxylic acids is 1. The molecular weight excluding hydrogens is 503 g/mol. The van der Waals surface area contributed by atoms with E-state index in [0.717, 1.165) is 23.3 Å². The number of fused-ring (bicyclic) bond motifs is 1. The lowest BCUT2D eigenvalue weighted by molar-refractivity contribution is -0.119. The maximum Gasteiger partial charge on any atom is 0.228 e. The van der Waals surface area contributed by atoms with Gasteiger partial charge in [-0.05, 0) is 60.1 Å². The van der Waals surface area contributed by atoms with Gasteiger partial charge in [0.15, 0.2) is 0 Å². The first-order valence-corrected chi connectivity index (χ1v) is 14.1. The molecule has 0 spiro atoms. The van der Waals surface area contributed by atoms with E-state index in [9.17, 15) is 9.90 Å². The Hall–Kier alpha value is -3.80. The summed E-state index contributed by atoms with van der Waals surface area (Å²) in [6, 6.07) is 19.0. The molecule has 0 saturated carbocycles. The maximum absolute atomic E-state index is 16.0. The number of halogens is 1. The van der Waals surface area contributed by atoms with E-state index in [1.165, 1.54) is 6.07 Å². The molecule has 4 rings (SSSR count). The Morgan fingerprint density at radius 1 is 1.10 bits per heavy atom. The van der Waals surface area contributed by atoms with E-state index >= 15 is 4.39 Å². The van der Waals surface area contributed by atoms with Gasteiger partial charge in [0.2, 0.25) is 5.91 Å². The van der Waals surface area contributed by atoms with Gasteiger partial charge < -0.3 is 15.2 Å². The zero-order valence-corrected chi connectivity index (χ0v) is 24.4. The summed E-state index contributed by atoms with van der Waals surface area (Å²) in [5, 5.41) is 14.4. The number of para-hydroxylation sites is 1. The highest BCUT2D eigenvalue weighted by atomic mass is 19.1. The molecule has 40 heavy (non-hydrogen) atoms. The van der Waals surface area contributed by atoms with Gasteiger partial charge in [0.05, 0.1) is 11.7 Å². The van der Waals surface area contributed by atoms with Crippen LogP contribution in [0.1, 0.15) is 78.0 Å². The van der Waals surface area contributed by atoms with E-state index in [1.54, 1.807) is 29.2 Å². The van der Waals surface area contributed by atoms with Gasteiger partial charge in [-0.15, -0.1) is 0 Å². The molecule has 0 aromatic heterocycles. The fourth-order valence-corrected chi connectivity index (χ4v) is 5.05. The minimum atomic E-state index is -0.701. The Morgan fingerprint density at radius 2 is 1.82 bits per heavy atom. The van der Waals surface area contributed by atoms with Crippen molar-refractivity contribution in [2.24, 2.45) is 11.3 Å². The number of amides is 1. The summed E-state index contributed by atoms with van der Waals surface area (Å²) in [6.07, 6.45) is 1.89. The van der Waals surface area contributed by atoms with Crippen molar-refractivity contribution in [3.05, 3.63) is 94.9 Å². The van der Waals surface area contributed by atoms with Crippen LogP contribution in [-0.4, -0.2) is 11.0 Å². The largest absolute Gasteiger partial charge is 0.506 e. The first-order chi connectivity index (χ1) is 19.0. The number of phenolic OH excluding ortho intramolecular Hbond substituents is 1. The molecule has 1 heterocycles. The normalized spacial score (nSPS) is 15.5. The van der Waals surface area contributed by atoms with E-state index in [1.807, 2.05) is 57.2 Å². The second-order valence-corrected chi connectivity index (χ2v) is 11.9. The number of phenols is 1. The summed E-state index contributed by atoms with van der Waals surface area (Å²) in [7, 11) is 0. The molecule has 5 nitrogen and oxygen atoms in total. The zero-order valence-electron chi connectivity index (χ0n) is 24.4. The number of benzene rings is 3. The van der Waals surface area contributed by atoms with Gasteiger partial charge in [-0.25, -0.2) is 4.39 Å². The van der Waals surface area contributed by atoms with Crippen molar-refractivity contribution in [3.63, 3.8) is 0 Å². The average Bonchev–Trinajstić information content (AvgIpc) is 3.03. The number of aromatic hydroxyl groups is 1. The summed E-state index contributed by atoms with van der Waals surface area (Å²) in [5.74, 6) is -0.0107. The van der Waals surface area contributed by atoms with Crippen molar-refractivity contribution in [1.29, 1.82) is 0 Å². The van der Waals surface area contributed by atoms with E-state index in [0.29, 0.717) is 35.7 Å². The lowest BCUT2D eigenvalue weighted by Crippen LogP contribution is -2.36. The highest BCUT2D eigenvalue weighted by molar-refractivity contribution is 6.00. The summed E-state index contributed by atoms with van der Waals surface area (Å²) >= 11 is 0. The fraction of sp³-hybridized carbons (Fsp3) is 0.382. The Labute approximate surface area is 237 Å². The van der Waals surface area contributed by atoms with Crippen LogP contribution in [0.4, 0.5) is 15.8 Å². The minimum Gasteiger partial charge on any atom is -0.506 e. The van der Waals surface area contributed by atoms with E-state index in [-0.39, 0.29) is 29.4 Å². The molecule has 1 atom stereocenters. The molecule has 0 bridgehead atoms. The second kappa shape index (κ2) is 12.2. The molecule has 1 aliphatic heterocycles. The zero-order chi connectivity index (χ0) is 29.0. The van der Waals surface area contributed by atoms with E-state index < -0.39 is 11.9 Å². The maximum atomic E-state index is 16.0. The van der Waals surface area contributed by atoms with Gasteiger partial charge in [0.25, 0.3) is 0 Å². The monoisotopic (exact) mass is 544 g/mol. The molecule has 3 aromatic rings. The van der Waals surface area contributed by atoms with Crippen molar-refractivity contribution in [2.45, 2.75) is 73.5 Å². The summed E-state index contributed by atoms with van der Waals surface area (Å²) in [6.45, 7) is 12.8. The number of hydrogen-bond donors (Lipinski definition) is 2. The first-order valence-electron chi connectivity index (χ1n) is 14.1. The molecule has 0 aliphatic carbocycles. The topological polar surface area (TPSA) is 61.8 Å². The number of nitrogens with zero attached hydrogens (tertiary/aromatic N) is 1. The summed E-state index contributed by atoms with van der Waals surface area (Å²) < 4.78 is 21.9. The third kappa shape index (κ3) is 6.49. The lowest BCUT2D eigenvalue weighted by atomic mass is 9.83. The summed E-state index contributed by atoms with van der Waals surface area (Å²) in [5.41, 5.74) is 4.03. The van der Waals surface area contributed by atoms with Gasteiger partial charge >= 0.3 is 0 Å². The molecule has 3 aromatic carbocycles. The number of allylic oxidation sites excluding steroid dienone is 1. The predicted molar refractivity (Wildman–Crippen MR) is 160 cm³/mol. The van der Waals surface area contributed by atoms with Crippen LogP contribution < -0.4 is 15.0 Å². The summed E-state index contributed by atoms with van der Waals surface area (Å²) in [4.78, 5) is 15.6. The molecule has 2 N–H and O–H groups in total. The number of anilines is 2. The fourth-order valence-electron chi connectivity index (χ4n) is 5.05. The molecule has 0 radical (unpaired) electrons. The number of carbonyl (C=O) groups is 1. The van der Waals surface area contributed by atoms with Crippen LogP contribution >= 0.6 is 0 Å². The number of nitrogens with one attached hydrogen (secondary N) is 1. The molecule has 1 aliphatic rings. The van der Waals surface area contributed by atoms with Crippen LogP contribution in [0, 0.1) is 17.2 Å². The van der Waals surface area contributed by atoms with E-state index in [4.69, 9.17) is 4.74 Å². The van der Waals surface area contributed by atoms with Gasteiger partial charge in [-0.1, -0.05) is 77.4 Å². The molecule has 0 fully saturated rings. The van der Waals surface area contributed by atoms with Crippen LogP contribution in [0.5, 0.6) is 11.5 Å². The highest BCUT2D eigenvalue weighted by Gasteiger charge is 2.37. The number of hydrogen-bond acceptors (Lipinski definition) is 4. The number of ether oxygens (including phenoxy) is 1. The minimum absolute atomic E-state index is 0.0465. The Kier molecular flexibility index (Phi) is 8.87. The number of rotatable bonds is 9. The van der Waals surface area contributed by atoms with Crippen molar-refractivity contribution >= 4 is 17.3 Å². The van der Waals surface area contributed by atoms with Crippen LogP contribution in [0.15, 0.2) is 78.0 Å². The van der Waals surface area contributed by atoms with Crippen molar-refractivity contribution in [2.75, 3.05) is 10.2 Å². The predicted octanol–water partition coefficient (Wildman–Crippen LogP) is 8.76. The van der Waals surface area contributed by atoms with Crippen molar-refractivity contribution in [3.8, 4) is 11.5 Å². The van der Waals surface area contributed by atoms with Crippen molar-refractivity contribution in [1.82, 2.24) is 0 Å². The van der Waals surface area contributed by atoms with Crippen LogP contribution in [0.2, 0.25) is 0 Å². The van der Waals surface area contributed by atoms with Gasteiger partial charge in [-0.3, -0.25) is 9.69 Å². The molecule has 0 saturated heterocycles. The first kappa shape index (κ1) is 29.2. The highest BCUT2D eigenvalue weighted by Crippen LogP contribution is 2.48. The van der Waals surface area contributed by atoms with Crippen LogP contribution in [0.3, 0.4) is 0 Å². The van der Waals surface area contributed by atoms with Gasteiger partial charge in [0, 0.05) is 23.7 Å². The third-order valence-corrected chi connectivity index (χ3v) is 7.68.